The average molecular weight is 371 g/mol. The fourth-order valence-corrected chi connectivity index (χ4v) is 3.47. The van der Waals surface area contributed by atoms with E-state index in [1.165, 1.54) is 0 Å². The highest BCUT2D eigenvalue weighted by Gasteiger charge is 2.21. The van der Waals surface area contributed by atoms with Crippen molar-refractivity contribution < 1.29 is 5.11 Å². The van der Waals surface area contributed by atoms with Gasteiger partial charge in [-0.15, -0.1) is 0 Å². The number of hydrogen-bond donors (Lipinski definition) is 2. The van der Waals surface area contributed by atoms with Gasteiger partial charge in [-0.25, -0.2) is 4.98 Å². The molecular weight excluding hydrogens is 340 g/mol. The van der Waals surface area contributed by atoms with Crippen molar-refractivity contribution in [1.82, 2.24) is 19.8 Å². The molecule has 2 N–H and O–H groups in total. The van der Waals surface area contributed by atoms with Gasteiger partial charge in [-0.1, -0.05) is 12.1 Å². The maximum Gasteiger partial charge on any atom is 0.193 e. The smallest absolute Gasteiger partial charge is 0.193 e. The van der Waals surface area contributed by atoms with E-state index in [1.807, 2.05) is 44.6 Å². The molecule has 1 aliphatic rings. The molecule has 1 fully saturated rings. The quantitative estimate of drug-likeness (QED) is 0.463. The predicted octanol–water partition coefficient (Wildman–Crippen LogP) is 2.07. The number of piperazine rings is 1. The number of hydrogen-bond acceptors (Lipinski definition) is 4. The van der Waals surface area contributed by atoms with Crippen LogP contribution in [0.4, 0.5) is 5.69 Å². The van der Waals surface area contributed by atoms with Gasteiger partial charge in [-0.05, 0) is 31.9 Å². The van der Waals surface area contributed by atoms with E-state index in [2.05, 4.69) is 29.7 Å². The van der Waals surface area contributed by atoms with Crippen LogP contribution in [-0.4, -0.2) is 65.3 Å². The molecule has 27 heavy (non-hydrogen) atoms. The van der Waals surface area contributed by atoms with E-state index in [1.54, 1.807) is 6.07 Å². The molecule has 1 aromatic heterocycles. The second-order valence-corrected chi connectivity index (χ2v) is 6.81. The topological polar surface area (TPSA) is 68.9 Å². The van der Waals surface area contributed by atoms with Crippen molar-refractivity contribution in [2.24, 2.45) is 4.99 Å². The zero-order chi connectivity index (χ0) is 19.1. The molecule has 0 spiro atoms. The summed E-state index contributed by atoms with van der Waals surface area (Å²) in [6.45, 7) is 7.49. The summed E-state index contributed by atoms with van der Waals surface area (Å²) in [5.41, 5.74) is 0.912. The minimum Gasteiger partial charge on any atom is -0.506 e. The Kier molecular flexibility index (Phi) is 6.57. The molecule has 0 saturated carbocycles. The monoisotopic (exact) mass is 370 g/mol. The maximum atomic E-state index is 10.0. The van der Waals surface area contributed by atoms with Crippen LogP contribution in [0.3, 0.4) is 0 Å². The van der Waals surface area contributed by atoms with Crippen molar-refractivity contribution in [2.45, 2.75) is 26.3 Å². The van der Waals surface area contributed by atoms with Crippen LogP contribution in [0.25, 0.3) is 0 Å². The van der Waals surface area contributed by atoms with Gasteiger partial charge in [0.05, 0.1) is 5.69 Å². The number of anilines is 1. The number of guanidine groups is 1. The average Bonchev–Trinajstić information content (AvgIpc) is 3.10. The molecule has 0 atom stereocenters. The molecule has 0 aliphatic carbocycles. The molecule has 0 amide bonds. The first-order valence-corrected chi connectivity index (χ1v) is 9.65. The molecule has 7 heteroatoms. The number of aliphatic imine (C=N–C) groups is 1. The van der Waals surface area contributed by atoms with E-state index < -0.39 is 0 Å². The van der Waals surface area contributed by atoms with Crippen LogP contribution in [0, 0.1) is 6.92 Å². The van der Waals surface area contributed by atoms with Gasteiger partial charge >= 0.3 is 0 Å². The number of unbranched alkanes of at least 4 members (excludes halogenated alkanes) is 1. The number of phenols is 1. The molecule has 0 unspecified atom stereocenters. The summed E-state index contributed by atoms with van der Waals surface area (Å²) in [5.74, 6) is 2.38. The van der Waals surface area contributed by atoms with Crippen LogP contribution in [0.1, 0.15) is 18.7 Å². The Morgan fingerprint density at radius 1 is 1.19 bits per heavy atom. The number of aromatic nitrogens is 2. The Balaban J connectivity index is 1.40. The van der Waals surface area contributed by atoms with Crippen molar-refractivity contribution in [2.75, 3.05) is 44.7 Å². The van der Waals surface area contributed by atoms with E-state index in [4.69, 9.17) is 0 Å². The molecule has 0 bridgehead atoms. The number of benzene rings is 1. The zero-order valence-corrected chi connectivity index (χ0v) is 16.3. The van der Waals surface area contributed by atoms with Gasteiger partial charge in [0, 0.05) is 58.7 Å². The first-order valence-electron chi connectivity index (χ1n) is 9.65. The van der Waals surface area contributed by atoms with Crippen LogP contribution in [-0.2, 0) is 6.54 Å². The summed E-state index contributed by atoms with van der Waals surface area (Å²) in [6.07, 6.45) is 6.09. The number of aryl methyl sites for hydroxylation is 2. The fraction of sp³-hybridized carbons (Fsp3) is 0.500. The SMILES string of the molecule is CN=C(NCCCCn1ccnc1C)N1CCN(c2ccccc2O)CC1. The van der Waals surface area contributed by atoms with Crippen LogP contribution >= 0.6 is 0 Å². The summed E-state index contributed by atoms with van der Waals surface area (Å²) >= 11 is 0. The molecule has 146 valence electrons. The standard InChI is InChI=1S/C20H30N6O/c1-17-22-10-12-24(17)11-6-5-9-23-20(21-2)26-15-13-25(14-16-26)18-7-3-4-8-19(18)27/h3-4,7-8,10,12,27H,5-6,9,11,13-16H2,1-2H3,(H,21,23). The molecular formula is C20H30N6O. The third-order valence-electron chi connectivity index (χ3n) is 5.05. The van der Waals surface area contributed by atoms with E-state index in [9.17, 15) is 5.11 Å². The number of phenolic OH excluding ortho intramolecular Hbond substituents is 1. The first kappa shape index (κ1) is 19.1. The molecule has 7 nitrogen and oxygen atoms in total. The number of nitrogens with zero attached hydrogens (tertiary/aromatic N) is 5. The Morgan fingerprint density at radius 3 is 2.63 bits per heavy atom. The lowest BCUT2D eigenvalue weighted by Crippen LogP contribution is -2.52. The van der Waals surface area contributed by atoms with E-state index in [-0.39, 0.29) is 0 Å². The van der Waals surface area contributed by atoms with Gasteiger partial charge in [0.2, 0.25) is 0 Å². The van der Waals surface area contributed by atoms with Gasteiger partial charge in [-0.3, -0.25) is 4.99 Å². The zero-order valence-electron chi connectivity index (χ0n) is 16.3. The summed E-state index contributed by atoms with van der Waals surface area (Å²) in [6, 6.07) is 7.54. The molecule has 2 heterocycles. The number of aromatic hydroxyl groups is 1. The van der Waals surface area contributed by atoms with Gasteiger partial charge in [0.25, 0.3) is 0 Å². The molecule has 1 aliphatic heterocycles. The van der Waals surface area contributed by atoms with E-state index in [0.29, 0.717) is 5.75 Å². The van der Waals surface area contributed by atoms with Gasteiger partial charge in [0.15, 0.2) is 5.96 Å². The predicted molar refractivity (Wildman–Crippen MR) is 109 cm³/mol. The summed E-state index contributed by atoms with van der Waals surface area (Å²) in [5, 5.41) is 13.5. The van der Waals surface area contributed by atoms with Crippen LogP contribution < -0.4 is 10.2 Å². The van der Waals surface area contributed by atoms with Crippen molar-refractivity contribution in [3.8, 4) is 5.75 Å². The Morgan fingerprint density at radius 2 is 1.96 bits per heavy atom. The maximum absolute atomic E-state index is 10.0. The fourth-order valence-electron chi connectivity index (χ4n) is 3.47. The first-order chi connectivity index (χ1) is 13.2. The largest absolute Gasteiger partial charge is 0.506 e. The van der Waals surface area contributed by atoms with Crippen LogP contribution in [0.5, 0.6) is 5.75 Å². The molecule has 0 radical (unpaired) electrons. The Bertz CT molecular complexity index is 748. The Hall–Kier alpha value is -2.70. The van der Waals surface area contributed by atoms with Gasteiger partial charge in [-0.2, -0.15) is 0 Å². The molecule has 1 aromatic carbocycles. The van der Waals surface area contributed by atoms with E-state index >= 15 is 0 Å². The molecule has 1 saturated heterocycles. The highest BCUT2D eigenvalue weighted by molar-refractivity contribution is 5.80. The summed E-state index contributed by atoms with van der Waals surface area (Å²) in [4.78, 5) is 13.2. The molecule has 3 rings (SSSR count). The number of para-hydroxylation sites is 2. The summed E-state index contributed by atoms with van der Waals surface area (Å²) < 4.78 is 2.19. The van der Waals surface area contributed by atoms with Crippen molar-refractivity contribution in [3.63, 3.8) is 0 Å². The number of imidazole rings is 1. The van der Waals surface area contributed by atoms with Crippen molar-refractivity contribution >= 4 is 11.6 Å². The highest BCUT2D eigenvalue weighted by Crippen LogP contribution is 2.27. The number of rotatable bonds is 6. The van der Waals surface area contributed by atoms with Crippen molar-refractivity contribution in [1.29, 1.82) is 0 Å². The van der Waals surface area contributed by atoms with Crippen LogP contribution in [0.15, 0.2) is 41.7 Å². The van der Waals surface area contributed by atoms with Crippen LogP contribution in [0.2, 0.25) is 0 Å². The lowest BCUT2D eigenvalue weighted by Gasteiger charge is -2.37. The van der Waals surface area contributed by atoms with E-state index in [0.717, 1.165) is 69.6 Å². The Labute approximate surface area is 161 Å². The highest BCUT2D eigenvalue weighted by atomic mass is 16.3. The lowest BCUT2D eigenvalue weighted by molar-refractivity contribution is 0.369. The second-order valence-electron chi connectivity index (χ2n) is 6.81. The number of nitrogens with one attached hydrogen (secondary N) is 1. The molecule has 2 aromatic rings. The third-order valence-corrected chi connectivity index (χ3v) is 5.05. The minimum atomic E-state index is 0.349. The normalized spacial score (nSPS) is 15.3. The van der Waals surface area contributed by atoms with Gasteiger partial charge in [0.1, 0.15) is 11.6 Å². The van der Waals surface area contributed by atoms with Crippen molar-refractivity contribution in [3.05, 3.63) is 42.5 Å². The minimum absolute atomic E-state index is 0.349. The summed E-state index contributed by atoms with van der Waals surface area (Å²) in [7, 11) is 1.84. The third kappa shape index (κ3) is 4.93. The second kappa shape index (κ2) is 9.30. The lowest BCUT2D eigenvalue weighted by atomic mass is 10.2. The van der Waals surface area contributed by atoms with Gasteiger partial charge < -0.3 is 24.8 Å².